The maximum atomic E-state index is 8.26. The Hall–Kier alpha value is -0.120. The lowest BCUT2D eigenvalue weighted by Gasteiger charge is -2.26. The lowest BCUT2D eigenvalue weighted by atomic mass is 10.0. The van der Waals surface area contributed by atoms with E-state index in [0.717, 1.165) is 0 Å². The van der Waals surface area contributed by atoms with E-state index in [2.05, 4.69) is 0 Å². The molecular formula is C10H18O3. The molecule has 0 bridgehead atoms. The molecule has 0 spiro atoms. The minimum Gasteiger partial charge on any atom is -0.370 e. The molecule has 0 aromatic rings. The van der Waals surface area contributed by atoms with Crippen molar-refractivity contribution in [3.8, 4) is 0 Å². The maximum Gasteiger partial charge on any atom is 0.163 e. The van der Waals surface area contributed by atoms with E-state index in [1.54, 1.807) is 0 Å². The van der Waals surface area contributed by atoms with Crippen LogP contribution in [0, 0.1) is 5.92 Å². The number of hydrogen-bond donors (Lipinski definition) is 0. The third kappa shape index (κ3) is 2.03. The van der Waals surface area contributed by atoms with Gasteiger partial charge in [0.25, 0.3) is 0 Å². The number of hydrogen-bond acceptors (Lipinski definition) is 3. The first-order chi connectivity index (χ1) is 7.16. The predicted molar refractivity (Wildman–Crippen MR) is 48.4 cm³/mol. The lowest BCUT2D eigenvalue weighted by molar-refractivity contribution is -0.0929. The minimum atomic E-state index is -2.13. The molecule has 0 N–H and O–H groups in total. The van der Waals surface area contributed by atoms with Crippen molar-refractivity contribution >= 4 is 0 Å². The molecule has 0 radical (unpaired) electrons. The van der Waals surface area contributed by atoms with Gasteiger partial charge in [-0.2, -0.15) is 0 Å². The van der Waals surface area contributed by atoms with Crippen molar-refractivity contribution in [3.63, 3.8) is 0 Å². The molecule has 2 aliphatic heterocycles. The van der Waals surface area contributed by atoms with E-state index in [1.807, 2.05) is 20.8 Å². The van der Waals surface area contributed by atoms with E-state index in [0.29, 0.717) is 13.0 Å². The molecule has 3 nitrogen and oxygen atoms in total. The molecule has 0 amide bonds. The smallest absolute Gasteiger partial charge is 0.163 e. The number of rotatable bonds is 1. The molecule has 0 aliphatic carbocycles. The average molecular weight is 189 g/mol. The molecule has 76 valence electrons. The van der Waals surface area contributed by atoms with Crippen molar-refractivity contribution < 1.29 is 18.3 Å². The van der Waals surface area contributed by atoms with E-state index < -0.39 is 24.5 Å². The molecule has 3 atom stereocenters. The van der Waals surface area contributed by atoms with Gasteiger partial charge in [-0.3, -0.25) is 0 Å². The van der Waals surface area contributed by atoms with Crippen molar-refractivity contribution in [2.75, 3.05) is 13.2 Å². The molecule has 2 fully saturated rings. The van der Waals surface area contributed by atoms with Crippen LogP contribution in [0.1, 0.15) is 31.3 Å². The SMILES string of the molecule is [2H]C1([2H])O[C@H]2OCC[C@H]2[C@@]1([2H])OC(C)(C)C. The Morgan fingerprint density at radius 1 is 1.46 bits per heavy atom. The summed E-state index contributed by atoms with van der Waals surface area (Å²) in [5.74, 6) is -0.360. The molecule has 0 unspecified atom stereocenters. The van der Waals surface area contributed by atoms with Gasteiger partial charge in [0, 0.05) is 5.92 Å². The molecule has 0 aromatic heterocycles. The van der Waals surface area contributed by atoms with E-state index in [9.17, 15) is 0 Å². The third-order valence-electron chi connectivity index (χ3n) is 2.07. The fraction of sp³-hybridized carbons (Fsp3) is 1.00. The van der Waals surface area contributed by atoms with Crippen LogP contribution in [-0.4, -0.2) is 31.1 Å². The van der Waals surface area contributed by atoms with Crippen LogP contribution in [0.2, 0.25) is 0 Å². The van der Waals surface area contributed by atoms with Gasteiger partial charge in [-0.15, -0.1) is 0 Å². The first-order valence-electron chi connectivity index (χ1n) is 6.15. The Balaban J connectivity index is 2.28. The fourth-order valence-corrected chi connectivity index (χ4v) is 1.55. The first-order valence-corrected chi connectivity index (χ1v) is 4.65. The molecular weight excluding hydrogens is 168 g/mol. The zero-order valence-electron chi connectivity index (χ0n) is 11.3. The Bertz CT molecular complexity index is 290. The molecule has 3 heteroatoms. The fourth-order valence-electron chi connectivity index (χ4n) is 1.55. The van der Waals surface area contributed by atoms with E-state index in [1.165, 1.54) is 0 Å². The van der Waals surface area contributed by atoms with Crippen LogP contribution >= 0.6 is 0 Å². The Morgan fingerprint density at radius 2 is 2.23 bits per heavy atom. The van der Waals surface area contributed by atoms with Gasteiger partial charge in [0.15, 0.2) is 6.29 Å². The van der Waals surface area contributed by atoms with Gasteiger partial charge in [0.2, 0.25) is 0 Å². The average Bonchev–Trinajstić information content (AvgIpc) is 2.53. The van der Waals surface area contributed by atoms with Gasteiger partial charge in [-0.05, 0) is 27.2 Å². The van der Waals surface area contributed by atoms with Crippen LogP contribution in [0.25, 0.3) is 0 Å². The van der Waals surface area contributed by atoms with Gasteiger partial charge in [0.05, 0.1) is 29.0 Å². The van der Waals surface area contributed by atoms with E-state index >= 15 is 0 Å². The molecule has 2 aliphatic rings. The highest BCUT2D eigenvalue weighted by Crippen LogP contribution is 2.34. The third-order valence-corrected chi connectivity index (χ3v) is 2.07. The summed E-state index contributed by atoms with van der Waals surface area (Å²) >= 11 is 0. The molecule has 13 heavy (non-hydrogen) atoms. The largest absolute Gasteiger partial charge is 0.370 e. The molecule has 2 saturated heterocycles. The summed E-state index contributed by atoms with van der Waals surface area (Å²) in [4.78, 5) is 0. The summed E-state index contributed by atoms with van der Waals surface area (Å²) in [7, 11) is 0. The summed E-state index contributed by atoms with van der Waals surface area (Å²) in [6, 6.07) is 0. The summed E-state index contributed by atoms with van der Waals surface area (Å²) < 4.78 is 39.8. The van der Waals surface area contributed by atoms with Gasteiger partial charge in [-0.25, -0.2) is 0 Å². The highest BCUT2D eigenvalue weighted by molar-refractivity contribution is 4.85. The summed E-state index contributed by atoms with van der Waals surface area (Å²) in [6.07, 6.45) is -1.73. The molecule has 0 aromatic carbocycles. The lowest BCUT2D eigenvalue weighted by Crippen LogP contribution is -2.32. The second kappa shape index (κ2) is 3.23. The normalized spacial score (nSPS) is 52.4. The zero-order chi connectivity index (χ0) is 12.2. The van der Waals surface area contributed by atoms with Crippen molar-refractivity contribution in [3.05, 3.63) is 0 Å². The van der Waals surface area contributed by atoms with Gasteiger partial charge in [-0.1, -0.05) is 0 Å². The zero-order valence-corrected chi connectivity index (χ0v) is 8.29. The van der Waals surface area contributed by atoms with Crippen LogP contribution in [-0.2, 0) is 14.2 Å². The van der Waals surface area contributed by atoms with Crippen molar-refractivity contribution in [1.29, 1.82) is 0 Å². The standard InChI is InChI=1S/C10H18O3/c1-10(2,3)13-8-6-12-9-7(8)4-5-11-9/h7-9H,4-6H2,1-3H3/t7-,8-,9+/m0/s1/i6D2,8D. The van der Waals surface area contributed by atoms with Crippen molar-refractivity contribution in [2.45, 2.75) is 45.2 Å². The second-order valence-corrected chi connectivity index (χ2v) is 4.43. The van der Waals surface area contributed by atoms with Crippen LogP contribution < -0.4 is 0 Å². The predicted octanol–water partition coefficient (Wildman–Crippen LogP) is 1.56. The first kappa shape index (κ1) is 6.38. The Kier molecular flexibility index (Phi) is 1.58. The van der Waals surface area contributed by atoms with E-state index in [4.69, 9.17) is 18.3 Å². The maximum absolute atomic E-state index is 8.26. The summed E-state index contributed by atoms with van der Waals surface area (Å²) in [5.41, 5.74) is -0.587. The Labute approximate surface area is 83.6 Å². The number of ether oxygens (including phenoxy) is 3. The molecule has 2 rings (SSSR count). The topological polar surface area (TPSA) is 27.7 Å². The van der Waals surface area contributed by atoms with Crippen LogP contribution in [0.4, 0.5) is 0 Å². The summed E-state index contributed by atoms with van der Waals surface area (Å²) in [6.45, 7) is 3.79. The highest BCUT2D eigenvalue weighted by Gasteiger charge is 2.43. The number of fused-ring (bicyclic) bond motifs is 1. The van der Waals surface area contributed by atoms with Crippen molar-refractivity contribution in [2.24, 2.45) is 5.92 Å². The van der Waals surface area contributed by atoms with Crippen molar-refractivity contribution in [1.82, 2.24) is 0 Å². The Morgan fingerprint density at radius 3 is 2.92 bits per heavy atom. The van der Waals surface area contributed by atoms with Crippen LogP contribution in [0.15, 0.2) is 0 Å². The second-order valence-electron chi connectivity index (χ2n) is 4.43. The van der Waals surface area contributed by atoms with Gasteiger partial charge < -0.3 is 14.2 Å². The van der Waals surface area contributed by atoms with Crippen LogP contribution in [0.5, 0.6) is 0 Å². The highest BCUT2D eigenvalue weighted by atomic mass is 16.7. The van der Waals surface area contributed by atoms with Gasteiger partial charge >= 0.3 is 0 Å². The molecule has 2 heterocycles. The summed E-state index contributed by atoms with van der Waals surface area (Å²) in [5, 5.41) is 0. The quantitative estimate of drug-likeness (QED) is 0.626. The molecule has 0 saturated carbocycles. The van der Waals surface area contributed by atoms with E-state index in [-0.39, 0.29) is 5.92 Å². The van der Waals surface area contributed by atoms with Crippen LogP contribution in [0.3, 0.4) is 0 Å². The minimum absolute atomic E-state index is 0.360. The monoisotopic (exact) mass is 189 g/mol. The van der Waals surface area contributed by atoms with Gasteiger partial charge in [0.1, 0.15) is 0 Å².